The lowest BCUT2D eigenvalue weighted by Crippen LogP contribution is -2.18. The number of ether oxygens (including phenoxy) is 1. The van der Waals surface area contributed by atoms with Crippen molar-refractivity contribution in [2.75, 3.05) is 18.6 Å². The maximum absolute atomic E-state index is 12.7. The van der Waals surface area contributed by atoms with Gasteiger partial charge in [0.25, 0.3) is 0 Å². The van der Waals surface area contributed by atoms with E-state index in [4.69, 9.17) is 4.74 Å². The highest BCUT2D eigenvalue weighted by Gasteiger charge is 2.20. The summed E-state index contributed by atoms with van der Waals surface area (Å²) in [6, 6.07) is 13.4. The molecule has 0 spiro atoms. The van der Waals surface area contributed by atoms with Crippen LogP contribution in [-0.4, -0.2) is 22.1 Å². The van der Waals surface area contributed by atoms with Gasteiger partial charge >= 0.3 is 0 Å². The summed E-state index contributed by atoms with van der Waals surface area (Å²) in [5.74, 6) is 0.530. The molecule has 0 saturated carbocycles. The van der Waals surface area contributed by atoms with E-state index in [0.29, 0.717) is 5.75 Å². The molecule has 5 heteroatoms. The van der Waals surface area contributed by atoms with Crippen molar-refractivity contribution in [3.8, 4) is 5.75 Å². The normalized spacial score (nSPS) is 14.0. The molecule has 1 heterocycles. The van der Waals surface area contributed by atoms with E-state index in [2.05, 4.69) is 0 Å². The van der Waals surface area contributed by atoms with E-state index in [-0.39, 0.29) is 9.79 Å². The van der Waals surface area contributed by atoms with Crippen LogP contribution in [0, 0.1) is 0 Å². The van der Waals surface area contributed by atoms with Gasteiger partial charge in [0, 0.05) is 18.8 Å². The van der Waals surface area contributed by atoms with Gasteiger partial charge in [0.05, 0.1) is 22.6 Å². The lowest BCUT2D eigenvalue weighted by atomic mass is 10.2. The minimum absolute atomic E-state index is 0.223. The lowest BCUT2D eigenvalue weighted by molar-refractivity contribution is 0.414. The molecule has 0 aromatic heterocycles. The largest absolute Gasteiger partial charge is 0.495 e. The Bertz CT molecular complexity index is 855. The Hall–Kier alpha value is -2.53. The second-order valence-electron chi connectivity index (χ2n) is 5.07. The number of rotatable bonds is 4. The first-order valence-corrected chi connectivity index (χ1v) is 8.69. The highest BCUT2D eigenvalue weighted by molar-refractivity contribution is 7.91. The molecule has 0 radical (unpaired) electrons. The van der Waals surface area contributed by atoms with Crippen molar-refractivity contribution in [3.05, 3.63) is 73.0 Å². The van der Waals surface area contributed by atoms with E-state index in [0.717, 1.165) is 12.2 Å². The van der Waals surface area contributed by atoms with Crippen LogP contribution in [0.4, 0.5) is 5.69 Å². The quantitative estimate of drug-likeness (QED) is 0.863. The summed E-state index contributed by atoms with van der Waals surface area (Å²) in [4.78, 5) is 2.49. The molecule has 0 N–H and O–H groups in total. The van der Waals surface area contributed by atoms with Gasteiger partial charge in [-0.3, -0.25) is 0 Å². The van der Waals surface area contributed by atoms with Crippen molar-refractivity contribution in [2.24, 2.45) is 0 Å². The van der Waals surface area contributed by atoms with Gasteiger partial charge in [0.15, 0.2) is 0 Å². The van der Waals surface area contributed by atoms with Gasteiger partial charge in [-0.2, -0.15) is 0 Å². The molecular weight excluding hydrogens is 310 g/mol. The predicted octanol–water partition coefficient (Wildman–Crippen LogP) is 3.42. The van der Waals surface area contributed by atoms with E-state index >= 15 is 0 Å². The van der Waals surface area contributed by atoms with Crippen LogP contribution < -0.4 is 9.64 Å². The molecule has 0 saturated heterocycles. The van der Waals surface area contributed by atoms with Crippen LogP contribution in [0.5, 0.6) is 5.75 Å². The zero-order valence-corrected chi connectivity index (χ0v) is 13.5. The van der Waals surface area contributed by atoms with Gasteiger partial charge in [-0.05, 0) is 30.3 Å². The summed E-state index contributed by atoms with van der Waals surface area (Å²) in [5.41, 5.74) is 0.833. The SMILES string of the molecule is COc1cc(S(=O)(=O)c2ccccc2)ccc1N1C=CC=CC1. The Morgan fingerprint density at radius 2 is 1.78 bits per heavy atom. The number of methoxy groups -OCH3 is 1. The molecule has 2 aromatic rings. The predicted molar refractivity (Wildman–Crippen MR) is 90.5 cm³/mol. The fraction of sp³-hybridized carbons (Fsp3) is 0.111. The maximum atomic E-state index is 12.7. The third kappa shape index (κ3) is 3.00. The van der Waals surface area contributed by atoms with Crippen LogP contribution >= 0.6 is 0 Å². The Kier molecular flexibility index (Phi) is 4.21. The molecule has 4 nitrogen and oxygen atoms in total. The summed E-state index contributed by atoms with van der Waals surface area (Å²) < 4.78 is 30.8. The number of nitrogens with zero attached hydrogens (tertiary/aromatic N) is 1. The number of benzene rings is 2. The molecule has 0 atom stereocenters. The third-order valence-electron chi connectivity index (χ3n) is 3.64. The minimum atomic E-state index is -3.55. The van der Waals surface area contributed by atoms with E-state index in [1.165, 1.54) is 0 Å². The van der Waals surface area contributed by atoms with Gasteiger partial charge in [0.1, 0.15) is 5.75 Å². The van der Waals surface area contributed by atoms with Gasteiger partial charge in [0.2, 0.25) is 9.84 Å². The van der Waals surface area contributed by atoms with Crippen molar-refractivity contribution < 1.29 is 13.2 Å². The molecule has 3 rings (SSSR count). The van der Waals surface area contributed by atoms with E-state index in [1.54, 1.807) is 55.6 Å². The highest BCUT2D eigenvalue weighted by atomic mass is 32.2. The average Bonchev–Trinajstić information content (AvgIpc) is 2.62. The summed E-state index contributed by atoms with van der Waals surface area (Å²) in [7, 11) is -2.01. The lowest BCUT2D eigenvalue weighted by Gasteiger charge is -2.23. The monoisotopic (exact) mass is 327 g/mol. The first kappa shape index (κ1) is 15.4. The Labute approximate surface area is 136 Å². The van der Waals surface area contributed by atoms with Gasteiger partial charge < -0.3 is 9.64 Å². The summed E-state index contributed by atoms with van der Waals surface area (Å²) in [5, 5.41) is 0. The van der Waals surface area contributed by atoms with E-state index < -0.39 is 9.84 Å². The minimum Gasteiger partial charge on any atom is -0.495 e. The van der Waals surface area contributed by atoms with Crippen LogP contribution in [-0.2, 0) is 9.84 Å². The van der Waals surface area contributed by atoms with Gasteiger partial charge in [-0.1, -0.05) is 30.4 Å². The van der Waals surface area contributed by atoms with Crippen molar-refractivity contribution in [2.45, 2.75) is 9.79 Å². The average molecular weight is 327 g/mol. The number of sulfone groups is 1. The molecule has 0 fully saturated rings. The fourth-order valence-corrected chi connectivity index (χ4v) is 3.74. The Morgan fingerprint density at radius 1 is 1.00 bits per heavy atom. The van der Waals surface area contributed by atoms with Crippen molar-refractivity contribution >= 4 is 15.5 Å². The van der Waals surface area contributed by atoms with Crippen molar-refractivity contribution in [1.82, 2.24) is 0 Å². The molecule has 0 bridgehead atoms. The Balaban J connectivity index is 2.02. The van der Waals surface area contributed by atoms with Crippen LogP contribution in [0.1, 0.15) is 0 Å². The number of hydrogen-bond acceptors (Lipinski definition) is 4. The molecule has 0 amide bonds. The zero-order chi connectivity index (χ0) is 16.3. The zero-order valence-electron chi connectivity index (χ0n) is 12.7. The fourth-order valence-electron chi connectivity index (χ4n) is 2.44. The summed E-state index contributed by atoms with van der Waals surface area (Å²) >= 11 is 0. The molecule has 0 aliphatic carbocycles. The van der Waals surface area contributed by atoms with E-state index in [9.17, 15) is 8.42 Å². The smallest absolute Gasteiger partial charge is 0.206 e. The van der Waals surface area contributed by atoms with Crippen molar-refractivity contribution in [3.63, 3.8) is 0 Å². The maximum Gasteiger partial charge on any atom is 0.206 e. The molecular formula is C18H17NO3S. The van der Waals surface area contributed by atoms with Crippen LogP contribution in [0.25, 0.3) is 0 Å². The third-order valence-corrected chi connectivity index (χ3v) is 5.41. The topological polar surface area (TPSA) is 46.6 Å². The molecule has 2 aromatic carbocycles. The number of allylic oxidation sites excluding steroid dienone is 2. The summed E-state index contributed by atoms with van der Waals surface area (Å²) in [6.45, 7) is 0.720. The second-order valence-corrected chi connectivity index (χ2v) is 7.02. The second kappa shape index (κ2) is 6.30. The summed E-state index contributed by atoms with van der Waals surface area (Å²) in [6.07, 6.45) is 7.85. The van der Waals surface area contributed by atoms with E-state index in [1.807, 2.05) is 29.3 Å². The molecule has 23 heavy (non-hydrogen) atoms. The van der Waals surface area contributed by atoms with Crippen LogP contribution in [0.3, 0.4) is 0 Å². The standard InChI is InChI=1S/C18H17NO3S/c1-22-18-14-16(23(20,21)15-8-4-2-5-9-15)10-11-17(18)19-12-6-3-7-13-19/h2-12,14H,13H2,1H3. The molecule has 1 aliphatic heterocycles. The van der Waals surface area contributed by atoms with Gasteiger partial charge in [-0.15, -0.1) is 0 Å². The van der Waals surface area contributed by atoms with Crippen LogP contribution in [0.2, 0.25) is 0 Å². The first-order chi connectivity index (χ1) is 11.1. The van der Waals surface area contributed by atoms with Crippen molar-refractivity contribution in [1.29, 1.82) is 0 Å². The van der Waals surface area contributed by atoms with Gasteiger partial charge in [-0.25, -0.2) is 8.42 Å². The molecule has 0 unspecified atom stereocenters. The first-order valence-electron chi connectivity index (χ1n) is 7.21. The molecule has 118 valence electrons. The Morgan fingerprint density at radius 3 is 2.43 bits per heavy atom. The number of anilines is 1. The van der Waals surface area contributed by atoms with Crippen LogP contribution in [0.15, 0.2) is 82.7 Å². The highest BCUT2D eigenvalue weighted by Crippen LogP contribution is 2.33. The molecule has 1 aliphatic rings. The number of hydrogen-bond donors (Lipinski definition) is 0.